The number of benzene rings is 2. The quantitative estimate of drug-likeness (QED) is 0.235. The van der Waals surface area contributed by atoms with Gasteiger partial charge in [0.2, 0.25) is 5.95 Å². The standard InChI is InChI=1S/C22H20BrFN2O/c1-14-5-3-4-6-19(14)20(16-7-9-18(23)10-8-16)13-21(26-27)17-11-15(2)25-22(24)12-17/h3-12,20,27H,13H2,1-2H3/b26-21+. The van der Waals surface area contributed by atoms with Gasteiger partial charge in [-0.05, 0) is 48.7 Å². The highest BCUT2D eigenvalue weighted by Gasteiger charge is 2.21. The Balaban J connectivity index is 2.05. The zero-order valence-corrected chi connectivity index (χ0v) is 16.7. The van der Waals surface area contributed by atoms with Gasteiger partial charge < -0.3 is 5.21 Å². The molecule has 3 aromatic rings. The molecule has 27 heavy (non-hydrogen) atoms. The second-order valence-corrected chi connectivity index (χ2v) is 7.45. The van der Waals surface area contributed by atoms with Crippen LogP contribution in [0.3, 0.4) is 0 Å². The number of rotatable bonds is 5. The van der Waals surface area contributed by atoms with Gasteiger partial charge in [0.25, 0.3) is 0 Å². The van der Waals surface area contributed by atoms with Gasteiger partial charge in [0.1, 0.15) is 0 Å². The number of aryl methyl sites for hydroxylation is 2. The summed E-state index contributed by atoms with van der Waals surface area (Å²) in [6, 6.07) is 19.3. The highest BCUT2D eigenvalue weighted by molar-refractivity contribution is 9.10. The van der Waals surface area contributed by atoms with Crippen LogP contribution in [-0.2, 0) is 0 Å². The Hall–Kier alpha value is -2.53. The van der Waals surface area contributed by atoms with Crippen LogP contribution in [0.1, 0.15) is 40.3 Å². The largest absolute Gasteiger partial charge is 0.411 e. The summed E-state index contributed by atoms with van der Waals surface area (Å²) >= 11 is 3.47. The number of halogens is 2. The maximum absolute atomic E-state index is 13.8. The normalized spacial score (nSPS) is 12.8. The highest BCUT2D eigenvalue weighted by atomic mass is 79.9. The van der Waals surface area contributed by atoms with E-state index in [1.165, 1.54) is 6.07 Å². The summed E-state index contributed by atoms with van der Waals surface area (Å²) in [5.41, 5.74) is 4.91. The fraction of sp³-hybridized carbons (Fsp3) is 0.182. The van der Waals surface area contributed by atoms with Crippen molar-refractivity contribution in [3.05, 3.63) is 99.0 Å². The molecule has 0 saturated heterocycles. The van der Waals surface area contributed by atoms with Crippen molar-refractivity contribution in [2.75, 3.05) is 0 Å². The molecular formula is C22H20BrFN2O. The number of nitrogens with zero attached hydrogens (tertiary/aromatic N) is 2. The summed E-state index contributed by atoms with van der Waals surface area (Å²) < 4.78 is 14.8. The van der Waals surface area contributed by atoms with Crippen LogP contribution in [0.4, 0.5) is 4.39 Å². The fourth-order valence-electron chi connectivity index (χ4n) is 3.28. The number of oxime groups is 1. The molecule has 3 rings (SSSR count). The topological polar surface area (TPSA) is 45.5 Å². The van der Waals surface area contributed by atoms with Gasteiger partial charge in [0.05, 0.1) is 5.71 Å². The van der Waals surface area contributed by atoms with Crippen molar-refractivity contribution in [2.45, 2.75) is 26.2 Å². The first-order valence-corrected chi connectivity index (χ1v) is 9.43. The van der Waals surface area contributed by atoms with Gasteiger partial charge in [-0.1, -0.05) is 57.5 Å². The summed E-state index contributed by atoms with van der Waals surface area (Å²) in [5, 5.41) is 13.1. The maximum Gasteiger partial charge on any atom is 0.213 e. The Morgan fingerprint density at radius 2 is 1.81 bits per heavy atom. The molecule has 2 aromatic carbocycles. The minimum absolute atomic E-state index is 0.0262. The third kappa shape index (κ3) is 4.61. The average Bonchev–Trinajstić information content (AvgIpc) is 2.64. The molecule has 1 aromatic heterocycles. The Morgan fingerprint density at radius 1 is 1.11 bits per heavy atom. The van der Waals surface area contributed by atoms with E-state index in [-0.39, 0.29) is 5.92 Å². The molecule has 0 aliphatic rings. The van der Waals surface area contributed by atoms with Crippen molar-refractivity contribution in [3.8, 4) is 0 Å². The van der Waals surface area contributed by atoms with E-state index in [9.17, 15) is 9.60 Å². The first-order valence-electron chi connectivity index (χ1n) is 8.64. The van der Waals surface area contributed by atoms with Crippen molar-refractivity contribution in [3.63, 3.8) is 0 Å². The second kappa shape index (κ2) is 8.44. The van der Waals surface area contributed by atoms with E-state index in [1.807, 2.05) is 24.3 Å². The molecule has 5 heteroatoms. The lowest BCUT2D eigenvalue weighted by atomic mass is 9.83. The highest BCUT2D eigenvalue weighted by Crippen LogP contribution is 2.32. The monoisotopic (exact) mass is 426 g/mol. The number of pyridine rings is 1. The smallest absolute Gasteiger partial charge is 0.213 e. The summed E-state index contributed by atoms with van der Waals surface area (Å²) in [6.45, 7) is 3.78. The van der Waals surface area contributed by atoms with Crippen LogP contribution in [0.25, 0.3) is 0 Å². The zero-order chi connectivity index (χ0) is 19.4. The Labute approximate surface area is 166 Å². The van der Waals surface area contributed by atoms with Crippen LogP contribution in [-0.4, -0.2) is 15.9 Å². The van der Waals surface area contributed by atoms with Crippen molar-refractivity contribution < 1.29 is 9.60 Å². The summed E-state index contributed by atoms with van der Waals surface area (Å²) in [4.78, 5) is 3.76. The second-order valence-electron chi connectivity index (χ2n) is 6.53. The molecule has 1 N–H and O–H groups in total. The van der Waals surface area contributed by atoms with Crippen LogP contribution in [0.15, 0.2) is 70.3 Å². The molecule has 1 unspecified atom stereocenters. The van der Waals surface area contributed by atoms with Crippen molar-refractivity contribution in [1.82, 2.24) is 4.98 Å². The minimum Gasteiger partial charge on any atom is -0.411 e. The summed E-state index contributed by atoms with van der Waals surface area (Å²) in [5.74, 6) is -0.607. The average molecular weight is 427 g/mol. The molecule has 1 heterocycles. The minimum atomic E-state index is -0.581. The van der Waals surface area contributed by atoms with Gasteiger partial charge >= 0.3 is 0 Å². The molecule has 0 saturated carbocycles. The summed E-state index contributed by atoms with van der Waals surface area (Å²) in [7, 11) is 0. The molecule has 0 amide bonds. The Morgan fingerprint density at radius 3 is 2.44 bits per heavy atom. The summed E-state index contributed by atoms with van der Waals surface area (Å²) in [6.07, 6.45) is 0.436. The van der Waals surface area contributed by atoms with Crippen LogP contribution >= 0.6 is 15.9 Å². The predicted molar refractivity (Wildman–Crippen MR) is 109 cm³/mol. The van der Waals surface area contributed by atoms with Gasteiger partial charge in [-0.15, -0.1) is 0 Å². The van der Waals surface area contributed by atoms with E-state index in [0.29, 0.717) is 23.4 Å². The SMILES string of the molecule is Cc1cc(/C(CC(c2ccc(Br)cc2)c2ccccc2C)=N/O)cc(F)n1. The van der Waals surface area contributed by atoms with E-state index in [1.54, 1.807) is 13.0 Å². The van der Waals surface area contributed by atoms with Gasteiger partial charge in [-0.3, -0.25) is 0 Å². The predicted octanol–water partition coefficient (Wildman–Crippen LogP) is 6.00. The van der Waals surface area contributed by atoms with Crippen LogP contribution in [0.2, 0.25) is 0 Å². The molecular weight excluding hydrogens is 407 g/mol. The van der Waals surface area contributed by atoms with Gasteiger partial charge in [-0.25, -0.2) is 4.98 Å². The molecule has 138 valence electrons. The molecule has 0 spiro atoms. The molecule has 0 bridgehead atoms. The molecule has 0 aliphatic heterocycles. The van der Waals surface area contributed by atoms with Crippen LogP contribution in [0.5, 0.6) is 0 Å². The Kier molecular flexibility index (Phi) is 6.01. The lowest BCUT2D eigenvalue weighted by Gasteiger charge is -2.21. The third-order valence-electron chi connectivity index (χ3n) is 4.61. The van der Waals surface area contributed by atoms with Crippen LogP contribution < -0.4 is 0 Å². The molecule has 1 atom stereocenters. The van der Waals surface area contributed by atoms with Crippen molar-refractivity contribution in [1.29, 1.82) is 0 Å². The number of hydrogen-bond donors (Lipinski definition) is 1. The van der Waals surface area contributed by atoms with Crippen molar-refractivity contribution >= 4 is 21.6 Å². The lowest BCUT2D eigenvalue weighted by molar-refractivity contribution is 0.317. The van der Waals surface area contributed by atoms with E-state index in [2.05, 4.69) is 57.3 Å². The van der Waals surface area contributed by atoms with Gasteiger partial charge in [0.15, 0.2) is 0 Å². The maximum atomic E-state index is 13.8. The van der Waals surface area contributed by atoms with Crippen LogP contribution in [0, 0.1) is 19.8 Å². The molecule has 0 radical (unpaired) electrons. The zero-order valence-electron chi connectivity index (χ0n) is 15.2. The van der Waals surface area contributed by atoms with E-state index in [0.717, 1.165) is 21.2 Å². The van der Waals surface area contributed by atoms with E-state index in [4.69, 9.17) is 0 Å². The van der Waals surface area contributed by atoms with E-state index < -0.39 is 5.95 Å². The van der Waals surface area contributed by atoms with Gasteiger partial charge in [-0.2, -0.15) is 4.39 Å². The molecule has 3 nitrogen and oxygen atoms in total. The fourth-order valence-corrected chi connectivity index (χ4v) is 3.55. The Bertz CT molecular complexity index is 950. The number of hydrogen-bond acceptors (Lipinski definition) is 3. The molecule has 0 aliphatic carbocycles. The molecule has 0 fully saturated rings. The number of aromatic nitrogens is 1. The first-order chi connectivity index (χ1) is 13.0. The van der Waals surface area contributed by atoms with E-state index >= 15 is 0 Å². The first kappa shape index (κ1) is 19.2. The van der Waals surface area contributed by atoms with Crippen molar-refractivity contribution in [2.24, 2.45) is 5.16 Å². The van der Waals surface area contributed by atoms with Gasteiger partial charge in [0, 0.05) is 34.1 Å². The third-order valence-corrected chi connectivity index (χ3v) is 5.14. The lowest BCUT2D eigenvalue weighted by Crippen LogP contribution is -2.12.